The van der Waals surface area contributed by atoms with Crippen LogP contribution in [-0.4, -0.2) is 24.7 Å². The number of carbonyl (C=O) groups is 2. The van der Waals surface area contributed by atoms with Crippen LogP contribution in [0.1, 0.15) is 12.2 Å². The molecule has 0 fully saturated rings. The van der Waals surface area contributed by atoms with E-state index in [1.165, 1.54) is 11.6 Å². The van der Waals surface area contributed by atoms with Gasteiger partial charge >= 0.3 is 0 Å². The Hall–Kier alpha value is -3.00. The number of quaternary nitrogens is 1. The lowest BCUT2D eigenvalue weighted by atomic mass is 10.2. The largest absolute Gasteiger partial charge is 0.544 e. The van der Waals surface area contributed by atoms with Crippen molar-refractivity contribution in [3.63, 3.8) is 0 Å². The summed E-state index contributed by atoms with van der Waals surface area (Å²) < 4.78 is 15.5. The van der Waals surface area contributed by atoms with E-state index in [4.69, 9.17) is 13.9 Å². The first-order chi connectivity index (χ1) is 11.6. The number of furan rings is 1. The van der Waals surface area contributed by atoms with Crippen molar-refractivity contribution in [1.29, 1.82) is 0 Å². The van der Waals surface area contributed by atoms with Gasteiger partial charge in [-0.25, -0.2) is 0 Å². The van der Waals surface area contributed by atoms with Gasteiger partial charge in [0.15, 0.2) is 17.3 Å². The van der Waals surface area contributed by atoms with Crippen LogP contribution in [0.2, 0.25) is 0 Å². The molecule has 0 bridgehead atoms. The average Bonchev–Trinajstić information content (AvgIpc) is 3.21. The minimum Gasteiger partial charge on any atom is -0.544 e. The number of hydrogen-bond donors (Lipinski definition) is 2. The second-order valence-electron chi connectivity index (χ2n) is 5.27. The molecule has 0 unspecified atom stereocenters. The Balaban J connectivity index is 1.56. The highest BCUT2D eigenvalue weighted by Crippen LogP contribution is 2.34. The van der Waals surface area contributed by atoms with Gasteiger partial charge in [0.2, 0.25) is 12.7 Å². The van der Waals surface area contributed by atoms with Crippen LogP contribution in [0.4, 0.5) is 5.69 Å². The normalized spacial score (nSPS) is 13.5. The van der Waals surface area contributed by atoms with Gasteiger partial charge in [-0.05, 0) is 24.3 Å². The molecule has 1 aliphatic rings. The zero-order chi connectivity index (χ0) is 16.9. The Bertz CT molecular complexity index is 728. The summed E-state index contributed by atoms with van der Waals surface area (Å²) in [5.41, 5.74) is 0.507. The molecule has 0 radical (unpaired) electrons. The Morgan fingerprint density at radius 2 is 2.08 bits per heavy atom. The first-order valence-electron chi connectivity index (χ1n) is 7.38. The van der Waals surface area contributed by atoms with E-state index in [1.54, 1.807) is 30.3 Å². The average molecular weight is 332 g/mol. The fraction of sp³-hybridized carbons (Fsp3) is 0.250. The molecule has 1 aromatic carbocycles. The number of nitrogens with two attached hydrogens (primary N) is 1. The lowest BCUT2D eigenvalue weighted by molar-refractivity contribution is -0.698. The second kappa shape index (κ2) is 7.05. The molecule has 3 rings (SSSR count). The SMILES string of the molecule is O=C(C[C@H]([NH2+]Cc1ccco1)C(=O)[O-])Nc1ccc2c(c1)OCO2. The summed E-state index contributed by atoms with van der Waals surface area (Å²) in [4.78, 5) is 23.3. The number of aliphatic carboxylic acids is 1. The van der Waals surface area contributed by atoms with Crippen molar-refractivity contribution < 1.29 is 33.9 Å². The van der Waals surface area contributed by atoms with Gasteiger partial charge in [-0.15, -0.1) is 0 Å². The van der Waals surface area contributed by atoms with E-state index < -0.39 is 17.9 Å². The number of hydrogen-bond acceptors (Lipinski definition) is 6. The third-order valence-electron chi connectivity index (χ3n) is 3.55. The number of fused-ring (bicyclic) bond motifs is 1. The molecular weight excluding hydrogens is 316 g/mol. The van der Waals surface area contributed by atoms with Gasteiger partial charge in [0, 0.05) is 11.8 Å². The van der Waals surface area contributed by atoms with E-state index in [2.05, 4.69) is 5.32 Å². The molecule has 24 heavy (non-hydrogen) atoms. The van der Waals surface area contributed by atoms with Gasteiger partial charge in [-0.3, -0.25) is 4.79 Å². The van der Waals surface area contributed by atoms with E-state index in [0.29, 0.717) is 29.5 Å². The molecule has 0 aliphatic carbocycles. The summed E-state index contributed by atoms with van der Waals surface area (Å²) in [5.74, 6) is 0.0274. The van der Waals surface area contributed by atoms with Crippen molar-refractivity contribution in [1.82, 2.24) is 0 Å². The molecule has 2 aromatic rings. The van der Waals surface area contributed by atoms with Gasteiger partial charge < -0.3 is 34.4 Å². The van der Waals surface area contributed by atoms with E-state index in [1.807, 2.05) is 0 Å². The quantitative estimate of drug-likeness (QED) is 0.687. The van der Waals surface area contributed by atoms with Crippen molar-refractivity contribution in [2.45, 2.75) is 19.0 Å². The standard InChI is InChI=1S/C16H16N2O6/c19-15(18-10-3-4-13-14(6-10)24-9-23-13)7-12(16(20)21)17-8-11-2-1-5-22-11/h1-6,12,17H,7-9H2,(H,18,19)(H,20,21)/t12-/m0/s1. The smallest absolute Gasteiger partial charge is 0.231 e. The maximum absolute atomic E-state index is 12.1. The summed E-state index contributed by atoms with van der Waals surface area (Å²) in [7, 11) is 0. The van der Waals surface area contributed by atoms with Crippen LogP contribution in [0.15, 0.2) is 41.0 Å². The molecule has 3 N–H and O–H groups in total. The number of ether oxygens (including phenoxy) is 2. The first-order valence-corrected chi connectivity index (χ1v) is 7.38. The summed E-state index contributed by atoms with van der Waals surface area (Å²) in [6, 6.07) is 7.40. The highest BCUT2D eigenvalue weighted by Gasteiger charge is 2.20. The van der Waals surface area contributed by atoms with Crippen LogP contribution in [0.3, 0.4) is 0 Å². The van der Waals surface area contributed by atoms with Crippen molar-refractivity contribution in [3.05, 3.63) is 42.4 Å². The zero-order valence-electron chi connectivity index (χ0n) is 12.7. The van der Waals surface area contributed by atoms with Crippen LogP contribution in [-0.2, 0) is 16.1 Å². The number of carbonyl (C=O) groups excluding carboxylic acids is 2. The van der Waals surface area contributed by atoms with E-state index in [9.17, 15) is 14.7 Å². The molecule has 1 atom stereocenters. The summed E-state index contributed by atoms with van der Waals surface area (Å²) >= 11 is 0. The summed E-state index contributed by atoms with van der Waals surface area (Å²) in [6.45, 7) is 0.449. The molecule has 2 heterocycles. The molecule has 1 aromatic heterocycles. The van der Waals surface area contributed by atoms with Crippen LogP contribution in [0, 0.1) is 0 Å². The third kappa shape index (κ3) is 3.85. The number of nitrogens with one attached hydrogen (secondary N) is 1. The molecule has 126 valence electrons. The van der Waals surface area contributed by atoms with Crippen LogP contribution in [0.25, 0.3) is 0 Å². The fourth-order valence-corrected chi connectivity index (χ4v) is 2.34. The van der Waals surface area contributed by atoms with Crippen molar-refractivity contribution in [2.75, 3.05) is 12.1 Å². The van der Waals surface area contributed by atoms with E-state index >= 15 is 0 Å². The molecule has 1 amide bonds. The summed E-state index contributed by atoms with van der Waals surface area (Å²) in [6.07, 6.45) is 1.28. The maximum Gasteiger partial charge on any atom is 0.231 e. The van der Waals surface area contributed by atoms with Gasteiger partial charge in [0.25, 0.3) is 0 Å². The number of carboxylic acids is 1. The lowest BCUT2D eigenvalue weighted by Gasteiger charge is -2.15. The van der Waals surface area contributed by atoms with Gasteiger partial charge in [-0.1, -0.05) is 0 Å². The molecule has 8 heteroatoms. The van der Waals surface area contributed by atoms with Gasteiger partial charge in [-0.2, -0.15) is 0 Å². The number of carboxylic acid groups (broad SMARTS) is 1. The molecule has 1 aliphatic heterocycles. The number of anilines is 1. The van der Waals surface area contributed by atoms with Crippen molar-refractivity contribution >= 4 is 17.6 Å². The lowest BCUT2D eigenvalue weighted by Crippen LogP contribution is -2.92. The predicted molar refractivity (Wildman–Crippen MR) is 78.9 cm³/mol. The number of benzene rings is 1. The Kier molecular flexibility index (Phi) is 4.66. The Morgan fingerprint density at radius 3 is 2.83 bits per heavy atom. The zero-order valence-corrected chi connectivity index (χ0v) is 12.7. The highest BCUT2D eigenvalue weighted by molar-refractivity contribution is 5.93. The second-order valence-corrected chi connectivity index (χ2v) is 5.27. The Labute approximate surface area is 137 Å². The minimum atomic E-state index is -1.30. The van der Waals surface area contributed by atoms with Crippen LogP contribution >= 0.6 is 0 Å². The monoisotopic (exact) mass is 332 g/mol. The van der Waals surface area contributed by atoms with Gasteiger partial charge in [0.1, 0.15) is 12.6 Å². The van der Waals surface area contributed by atoms with Crippen molar-refractivity contribution in [2.24, 2.45) is 0 Å². The molecule has 8 nitrogen and oxygen atoms in total. The fourth-order valence-electron chi connectivity index (χ4n) is 2.34. The molecular formula is C16H16N2O6. The predicted octanol–water partition coefficient (Wildman–Crippen LogP) is -0.781. The van der Waals surface area contributed by atoms with Crippen LogP contribution < -0.4 is 25.2 Å². The van der Waals surface area contributed by atoms with Crippen LogP contribution in [0.5, 0.6) is 11.5 Å². The first kappa shape index (κ1) is 15.9. The number of rotatable bonds is 7. The minimum absolute atomic E-state index is 0.140. The molecule has 0 saturated heterocycles. The third-order valence-corrected chi connectivity index (χ3v) is 3.55. The van der Waals surface area contributed by atoms with Crippen molar-refractivity contribution in [3.8, 4) is 11.5 Å². The van der Waals surface area contributed by atoms with Gasteiger partial charge in [0.05, 0.1) is 18.7 Å². The molecule has 0 spiro atoms. The van der Waals surface area contributed by atoms with E-state index in [0.717, 1.165) is 0 Å². The summed E-state index contributed by atoms with van der Waals surface area (Å²) in [5, 5.41) is 15.3. The Morgan fingerprint density at radius 1 is 1.25 bits per heavy atom. The number of amides is 1. The highest BCUT2D eigenvalue weighted by atomic mass is 16.7. The molecule has 0 saturated carbocycles. The topological polar surface area (TPSA) is 117 Å². The van der Waals surface area contributed by atoms with E-state index in [-0.39, 0.29) is 13.2 Å². The maximum atomic E-state index is 12.1.